The van der Waals surface area contributed by atoms with Gasteiger partial charge in [-0.2, -0.15) is 5.14 Å². The summed E-state index contributed by atoms with van der Waals surface area (Å²) in [5.74, 6) is 1.80. The molecule has 2 unspecified atom stereocenters. The molecular formula is C16H22N2OS2. The lowest BCUT2D eigenvalue weighted by molar-refractivity contribution is 0.599. The van der Waals surface area contributed by atoms with E-state index in [4.69, 9.17) is 5.14 Å². The molecule has 3 nitrogen and oxygen atoms in total. The molecule has 1 aromatic heterocycles. The van der Waals surface area contributed by atoms with Crippen molar-refractivity contribution in [2.45, 2.75) is 18.9 Å². The molecule has 1 aromatic rings. The number of thioether (sulfide) groups is 1. The van der Waals surface area contributed by atoms with Gasteiger partial charge in [0.25, 0.3) is 0 Å². The van der Waals surface area contributed by atoms with Gasteiger partial charge in [0, 0.05) is 23.3 Å². The third-order valence-electron chi connectivity index (χ3n) is 2.67. The number of hydrogen-bond donors (Lipinski definition) is 1. The molecule has 1 heterocycles. The van der Waals surface area contributed by atoms with Crippen LogP contribution in [-0.2, 0) is 11.4 Å². The molecule has 2 atom stereocenters. The highest BCUT2D eigenvalue weighted by atomic mass is 32.2. The third kappa shape index (κ3) is 8.12. The number of rotatable bonds is 8. The van der Waals surface area contributed by atoms with Crippen LogP contribution < -0.4 is 5.14 Å². The fourth-order valence-electron chi connectivity index (χ4n) is 1.47. The van der Waals surface area contributed by atoms with E-state index < -0.39 is 11.4 Å². The highest BCUT2D eigenvalue weighted by molar-refractivity contribution is 7.99. The summed E-state index contributed by atoms with van der Waals surface area (Å²) in [5.41, 5.74) is 2.11. The molecule has 0 spiro atoms. The number of nitrogens with two attached hydrogens (primary N) is 1. The summed E-state index contributed by atoms with van der Waals surface area (Å²) in [6.45, 7) is 8.03. The van der Waals surface area contributed by atoms with Crippen LogP contribution in [0, 0.1) is 5.92 Å². The minimum Gasteiger partial charge on any atom is -0.598 e. The Labute approximate surface area is 134 Å². The molecule has 2 N–H and O–H groups in total. The van der Waals surface area contributed by atoms with Crippen LogP contribution in [0.5, 0.6) is 0 Å². The largest absolute Gasteiger partial charge is 0.598 e. The topological polar surface area (TPSA) is 62.0 Å². The van der Waals surface area contributed by atoms with Crippen molar-refractivity contribution in [3.63, 3.8) is 0 Å². The smallest absolute Gasteiger partial charge is 0.143 e. The van der Waals surface area contributed by atoms with Crippen LogP contribution in [0.3, 0.4) is 0 Å². The van der Waals surface area contributed by atoms with Crippen LogP contribution in [0.1, 0.15) is 19.4 Å². The molecule has 0 bridgehead atoms. The Kier molecular flexibility index (Phi) is 8.45. The van der Waals surface area contributed by atoms with Crippen LogP contribution >= 0.6 is 11.8 Å². The fraction of sp³-hybridized carbons (Fsp3) is 0.312. The van der Waals surface area contributed by atoms with Crippen molar-refractivity contribution in [1.82, 2.24) is 4.98 Å². The Balaban J connectivity index is 2.35. The Morgan fingerprint density at radius 3 is 2.86 bits per heavy atom. The first-order valence-electron chi connectivity index (χ1n) is 6.70. The van der Waals surface area contributed by atoms with E-state index in [1.807, 2.05) is 43.5 Å². The van der Waals surface area contributed by atoms with E-state index in [0.29, 0.717) is 11.7 Å². The Morgan fingerprint density at radius 1 is 1.52 bits per heavy atom. The van der Waals surface area contributed by atoms with Crippen molar-refractivity contribution in [2.75, 3.05) is 11.5 Å². The molecule has 0 radical (unpaired) electrons. The van der Waals surface area contributed by atoms with E-state index in [0.717, 1.165) is 21.9 Å². The summed E-state index contributed by atoms with van der Waals surface area (Å²) in [6, 6.07) is 4.08. The zero-order valence-electron chi connectivity index (χ0n) is 12.5. The first kappa shape index (κ1) is 18.0. The maximum Gasteiger partial charge on any atom is 0.143 e. The van der Waals surface area contributed by atoms with Gasteiger partial charge in [-0.3, -0.25) is 0 Å². The Hall–Kier alpha value is -1.01. The van der Waals surface area contributed by atoms with Crippen molar-refractivity contribution >= 4 is 28.7 Å². The molecule has 5 heteroatoms. The van der Waals surface area contributed by atoms with Crippen LogP contribution in [0.15, 0.2) is 54.2 Å². The van der Waals surface area contributed by atoms with E-state index >= 15 is 0 Å². The normalized spacial score (nSPS) is 14.7. The Bertz CT molecular complexity index is 496. The van der Waals surface area contributed by atoms with Crippen LogP contribution in [0.4, 0.5) is 0 Å². The summed E-state index contributed by atoms with van der Waals surface area (Å²) in [6.07, 6.45) is 9.64. The van der Waals surface area contributed by atoms with Crippen molar-refractivity contribution in [3.8, 4) is 0 Å². The minimum atomic E-state index is -1.25. The number of nitrogens with zero attached hydrogens (tertiary/aromatic N) is 1. The number of hydrogen-bond acceptors (Lipinski definition) is 4. The second kappa shape index (κ2) is 9.84. The predicted molar refractivity (Wildman–Crippen MR) is 94.3 cm³/mol. The van der Waals surface area contributed by atoms with Gasteiger partial charge in [0.05, 0.1) is 5.03 Å². The lowest BCUT2D eigenvalue weighted by Crippen LogP contribution is -2.14. The molecule has 0 saturated heterocycles. The number of aromatic nitrogens is 1. The molecule has 0 aliphatic carbocycles. The Morgan fingerprint density at radius 2 is 2.29 bits per heavy atom. The fourth-order valence-corrected chi connectivity index (χ4v) is 2.61. The van der Waals surface area contributed by atoms with Gasteiger partial charge in [0.1, 0.15) is 5.75 Å². The molecule has 1 rings (SSSR count). The summed E-state index contributed by atoms with van der Waals surface area (Å²) in [7, 11) is 0. The van der Waals surface area contributed by atoms with Gasteiger partial charge in [0.15, 0.2) is 0 Å². The molecule has 0 fully saturated rings. The summed E-state index contributed by atoms with van der Waals surface area (Å²) >= 11 is 0.480. The molecule has 0 aliphatic rings. The van der Waals surface area contributed by atoms with Gasteiger partial charge >= 0.3 is 0 Å². The summed E-state index contributed by atoms with van der Waals surface area (Å²) < 4.78 is 10.7. The van der Waals surface area contributed by atoms with Crippen LogP contribution in [-0.4, -0.2) is 21.0 Å². The lowest BCUT2D eigenvalue weighted by atomic mass is 10.2. The quantitative estimate of drug-likeness (QED) is 0.451. The monoisotopic (exact) mass is 322 g/mol. The average molecular weight is 322 g/mol. The minimum absolute atomic E-state index is 0.395. The second-order valence-electron chi connectivity index (χ2n) is 4.81. The van der Waals surface area contributed by atoms with Crippen LogP contribution in [0.2, 0.25) is 0 Å². The first-order valence-corrected chi connectivity index (χ1v) is 9.06. The molecule has 0 amide bonds. The predicted octanol–water partition coefficient (Wildman–Crippen LogP) is 3.58. The molecule has 114 valence electrons. The first-order chi connectivity index (χ1) is 9.99. The van der Waals surface area contributed by atoms with E-state index in [-0.39, 0.29) is 0 Å². The highest BCUT2D eigenvalue weighted by Gasteiger charge is 2.01. The van der Waals surface area contributed by atoms with E-state index in [2.05, 4.69) is 24.6 Å². The van der Waals surface area contributed by atoms with Crippen molar-refractivity contribution in [3.05, 3.63) is 54.8 Å². The van der Waals surface area contributed by atoms with Gasteiger partial charge in [0.2, 0.25) is 0 Å². The highest BCUT2D eigenvalue weighted by Crippen LogP contribution is 2.20. The van der Waals surface area contributed by atoms with Gasteiger partial charge in [-0.05, 0) is 36.1 Å². The maximum atomic E-state index is 10.7. The maximum absolute atomic E-state index is 10.7. The van der Waals surface area contributed by atoms with Crippen molar-refractivity contribution < 1.29 is 4.55 Å². The zero-order chi connectivity index (χ0) is 15.7. The van der Waals surface area contributed by atoms with E-state index in [1.54, 1.807) is 11.8 Å². The van der Waals surface area contributed by atoms with Gasteiger partial charge in [-0.25, -0.2) is 4.98 Å². The average Bonchev–Trinajstić information content (AvgIpc) is 2.44. The standard InChI is InChI=1S/C16H22N2OS2/c1-13(2)15-8-9-16(18-11-15)20-12-14(3)7-5-4-6-10-21(17)19/h4-9,11,14H,1,10,12,17H2,2-3H3/b6-4-,7-5-. The van der Waals surface area contributed by atoms with Crippen molar-refractivity contribution in [1.29, 1.82) is 0 Å². The number of pyridine rings is 1. The lowest BCUT2D eigenvalue weighted by Gasteiger charge is -2.06. The third-order valence-corrected chi connectivity index (χ3v) is 4.42. The molecule has 0 saturated carbocycles. The molecule has 0 aliphatic heterocycles. The number of allylic oxidation sites excluding steroid dienone is 4. The van der Waals surface area contributed by atoms with E-state index in [1.165, 1.54) is 0 Å². The molecule has 0 aromatic carbocycles. The molecular weight excluding hydrogens is 300 g/mol. The van der Waals surface area contributed by atoms with E-state index in [9.17, 15) is 4.55 Å². The summed E-state index contributed by atoms with van der Waals surface area (Å²) in [5, 5.41) is 6.18. The van der Waals surface area contributed by atoms with Crippen molar-refractivity contribution in [2.24, 2.45) is 11.1 Å². The van der Waals surface area contributed by atoms with Crippen LogP contribution in [0.25, 0.3) is 5.57 Å². The molecule has 21 heavy (non-hydrogen) atoms. The van der Waals surface area contributed by atoms with Gasteiger partial charge < -0.3 is 4.55 Å². The zero-order valence-corrected chi connectivity index (χ0v) is 14.1. The SMILES string of the molecule is C=C(C)c1ccc(SCC(C)/C=C\C=C/C[S+](N)[O-])nc1. The van der Waals surface area contributed by atoms with Gasteiger partial charge in [-0.15, -0.1) is 11.8 Å². The second-order valence-corrected chi connectivity index (χ2v) is 6.95. The van der Waals surface area contributed by atoms with Gasteiger partial charge in [-0.1, -0.05) is 37.8 Å². The summed E-state index contributed by atoms with van der Waals surface area (Å²) in [4.78, 5) is 4.42.